The molecule has 0 spiro atoms. The minimum Gasteiger partial charge on any atom is -0.303 e. The molecule has 1 unspecified atom stereocenters. The molecule has 0 radical (unpaired) electrons. The molecule has 0 bridgehead atoms. The van der Waals surface area contributed by atoms with Crippen LogP contribution in [0, 0.1) is 11.8 Å². The molecule has 96 valence electrons. The predicted molar refractivity (Wildman–Crippen MR) is 67.6 cm³/mol. The number of carbonyl (C=O) groups is 1. The van der Waals surface area contributed by atoms with Gasteiger partial charge in [0, 0.05) is 18.9 Å². The Morgan fingerprint density at radius 1 is 1.47 bits per heavy atom. The van der Waals surface area contributed by atoms with E-state index in [1.807, 2.05) is 4.68 Å². The number of aryl methyl sites for hydroxylation is 1. The Morgan fingerprint density at radius 2 is 2.24 bits per heavy atom. The number of hydrogen-bond donors (Lipinski definition) is 0. The smallest absolute Gasteiger partial charge is 0.138 e. The molecule has 0 fully saturated rings. The SMILES string of the molecule is CCC(C=O)CCCn1ncnc1CC(C)C. The van der Waals surface area contributed by atoms with E-state index < -0.39 is 0 Å². The largest absolute Gasteiger partial charge is 0.303 e. The summed E-state index contributed by atoms with van der Waals surface area (Å²) in [5, 5.41) is 4.23. The van der Waals surface area contributed by atoms with E-state index in [0.29, 0.717) is 5.92 Å². The van der Waals surface area contributed by atoms with Crippen molar-refractivity contribution in [3.05, 3.63) is 12.2 Å². The highest BCUT2D eigenvalue weighted by Gasteiger charge is 2.08. The maximum Gasteiger partial charge on any atom is 0.138 e. The first kappa shape index (κ1) is 13.9. The second-order valence-electron chi connectivity index (χ2n) is 4.94. The zero-order valence-corrected chi connectivity index (χ0v) is 11.1. The molecule has 0 N–H and O–H groups in total. The van der Waals surface area contributed by atoms with Crippen molar-refractivity contribution in [2.24, 2.45) is 11.8 Å². The number of aromatic nitrogens is 3. The van der Waals surface area contributed by atoms with E-state index in [2.05, 4.69) is 30.9 Å². The van der Waals surface area contributed by atoms with Gasteiger partial charge in [0.05, 0.1) is 0 Å². The van der Waals surface area contributed by atoms with Crippen molar-refractivity contribution >= 4 is 6.29 Å². The Bertz CT molecular complexity index is 333. The Labute approximate surface area is 103 Å². The van der Waals surface area contributed by atoms with Crippen LogP contribution in [0.25, 0.3) is 0 Å². The lowest BCUT2D eigenvalue weighted by Gasteiger charge is -2.09. The molecule has 1 aromatic rings. The number of rotatable bonds is 8. The lowest BCUT2D eigenvalue weighted by atomic mass is 10.0. The fourth-order valence-corrected chi connectivity index (χ4v) is 1.87. The van der Waals surface area contributed by atoms with Crippen LogP contribution in [0.4, 0.5) is 0 Å². The van der Waals surface area contributed by atoms with Crippen molar-refractivity contribution in [3.63, 3.8) is 0 Å². The van der Waals surface area contributed by atoms with Gasteiger partial charge >= 0.3 is 0 Å². The topological polar surface area (TPSA) is 47.8 Å². The summed E-state index contributed by atoms with van der Waals surface area (Å²) in [5.74, 6) is 1.85. The molecular weight excluding hydrogens is 214 g/mol. The van der Waals surface area contributed by atoms with Crippen molar-refractivity contribution in [2.75, 3.05) is 0 Å². The number of hydrogen-bond acceptors (Lipinski definition) is 3. The first-order valence-electron chi connectivity index (χ1n) is 6.49. The second-order valence-corrected chi connectivity index (χ2v) is 4.94. The normalized spacial score (nSPS) is 12.9. The van der Waals surface area contributed by atoms with Gasteiger partial charge in [-0.2, -0.15) is 5.10 Å². The average molecular weight is 237 g/mol. The predicted octanol–water partition coefficient (Wildman–Crippen LogP) is 2.48. The molecule has 0 saturated heterocycles. The van der Waals surface area contributed by atoms with Gasteiger partial charge in [0.25, 0.3) is 0 Å². The van der Waals surface area contributed by atoms with Gasteiger partial charge in [-0.3, -0.25) is 4.68 Å². The maximum atomic E-state index is 10.7. The van der Waals surface area contributed by atoms with Crippen LogP contribution in [0.1, 0.15) is 45.9 Å². The fourth-order valence-electron chi connectivity index (χ4n) is 1.87. The van der Waals surface area contributed by atoms with Crippen LogP contribution in [0.5, 0.6) is 0 Å². The minimum atomic E-state index is 0.201. The molecule has 0 saturated carbocycles. The molecule has 1 rings (SSSR count). The molecule has 0 aliphatic carbocycles. The molecular formula is C13H23N3O. The van der Waals surface area contributed by atoms with E-state index in [-0.39, 0.29) is 5.92 Å². The van der Waals surface area contributed by atoms with E-state index in [4.69, 9.17) is 0 Å². The molecule has 4 heteroatoms. The Kier molecular flexibility index (Phi) is 5.87. The molecule has 4 nitrogen and oxygen atoms in total. The fraction of sp³-hybridized carbons (Fsp3) is 0.769. The van der Waals surface area contributed by atoms with E-state index in [1.165, 1.54) is 0 Å². The van der Waals surface area contributed by atoms with Crippen LogP contribution in [-0.2, 0) is 17.8 Å². The lowest BCUT2D eigenvalue weighted by Crippen LogP contribution is -2.10. The zero-order valence-electron chi connectivity index (χ0n) is 11.1. The Hall–Kier alpha value is -1.19. The molecule has 0 aliphatic rings. The first-order valence-corrected chi connectivity index (χ1v) is 6.49. The number of nitrogens with zero attached hydrogens (tertiary/aromatic N) is 3. The van der Waals surface area contributed by atoms with Crippen molar-refractivity contribution in [1.29, 1.82) is 0 Å². The molecule has 1 heterocycles. The summed E-state index contributed by atoms with van der Waals surface area (Å²) >= 11 is 0. The molecule has 17 heavy (non-hydrogen) atoms. The highest BCUT2D eigenvalue weighted by atomic mass is 16.1. The van der Waals surface area contributed by atoms with Crippen LogP contribution < -0.4 is 0 Å². The minimum absolute atomic E-state index is 0.201. The van der Waals surface area contributed by atoms with Crippen molar-refractivity contribution in [1.82, 2.24) is 14.8 Å². The maximum absolute atomic E-state index is 10.7. The molecule has 0 aromatic carbocycles. The van der Waals surface area contributed by atoms with E-state index in [1.54, 1.807) is 6.33 Å². The molecule has 0 amide bonds. The van der Waals surface area contributed by atoms with Crippen molar-refractivity contribution < 1.29 is 4.79 Å². The van der Waals surface area contributed by atoms with Gasteiger partial charge in [-0.05, 0) is 25.2 Å². The summed E-state index contributed by atoms with van der Waals surface area (Å²) in [6.07, 6.45) is 6.52. The Morgan fingerprint density at radius 3 is 2.82 bits per heavy atom. The van der Waals surface area contributed by atoms with Gasteiger partial charge in [-0.1, -0.05) is 20.8 Å². The zero-order chi connectivity index (χ0) is 12.7. The highest BCUT2D eigenvalue weighted by Crippen LogP contribution is 2.10. The molecule has 1 aromatic heterocycles. The van der Waals surface area contributed by atoms with Crippen LogP contribution >= 0.6 is 0 Å². The second kappa shape index (κ2) is 7.20. The van der Waals surface area contributed by atoms with E-state index in [0.717, 1.165) is 44.3 Å². The van der Waals surface area contributed by atoms with Gasteiger partial charge in [0.2, 0.25) is 0 Å². The van der Waals surface area contributed by atoms with Gasteiger partial charge in [-0.25, -0.2) is 4.98 Å². The standard InChI is InChI=1S/C13H23N3O/c1-4-12(9-17)6-5-7-16-13(8-11(2)3)14-10-15-16/h9-12H,4-8H2,1-3H3. The third-order valence-corrected chi connectivity index (χ3v) is 2.95. The van der Waals surface area contributed by atoms with Gasteiger partial charge in [-0.15, -0.1) is 0 Å². The number of carbonyl (C=O) groups excluding carboxylic acids is 1. The Balaban J connectivity index is 2.41. The molecule has 1 atom stereocenters. The van der Waals surface area contributed by atoms with E-state index >= 15 is 0 Å². The van der Waals surface area contributed by atoms with Crippen molar-refractivity contribution in [2.45, 2.75) is 53.0 Å². The van der Waals surface area contributed by atoms with Crippen LogP contribution in [0.2, 0.25) is 0 Å². The average Bonchev–Trinajstić information content (AvgIpc) is 2.71. The highest BCUT2D eigenvalue weighted by molar-refractivity contribution is 5.53. The summed E-state index contributed by atoms with van der Waals surface area (Å²) in [6, 6.07) is 0. The van der Waals surface area contributed by atoms with Crippen LogP contribution in [0.15, 0.2) is 6.33 Å². The summed E-state index contributed by atoms with van der Waals surface area (Å²) < 4.78 is 1.97. The quantitative estimate of drug-likeness (QED) is 0.653. The summed E-state index contributed by atoms with van der Waals surface area (Å²) in [6.45, 7) is 7.28. The van der Waals surface area contributed by atoms with Crippen molar-refractivity contribution in [3.8, 4) is 0 Å². The van der Waals surface area contributed by atoms with Gasteiger partial charge in [0.15, 0.2) is 0 Å². The third kappa shape index (κ3) is 4.67. The third-order valence-electron chi connectivity index (χ3n) is 2.95. The molecule has 0 aliphatic heterocycles. The number of aldehydes is 1. The van der Waals surface area contributed by atoms with Crippen LogP contribution in [0.3, 0.4) is 0 Å². The summed E-state index contributed by atoms with van der Waals surface area (Å²) in [4.78, 5) is 15.0. The van der Waals surface area contributed by atoms with E-state index in [9.17, 15) is 4.79 Å². The van der Waals surface area contributed by atoms with Gasteiger partial charge < -0.3 is 4.79 Å². The first-order chi connectivity index (χ1) is 8.17. The van der Waals surface area contributed by atoms with Gasteiger partial charge in [0.1, 0.15) is 18.4 Å². The summed E-state index contributed by atoms with van der Waals surface area (Å²) in [7, 11) is 0. The lowest BCUT2D eigenvalue weighted by molar-refractivity contribution is -0.111. The van der Waals surface area contributed by atoms with Crippen LogP contribution in [-0.4, -0.2) is 21.1 Å². The monoisotopic (exact) mass is 237 g/mol. The summed E-state index contributed by atoms with van der Waals surface area (Å²) in [5.41, 5.74) is 0.